The van der Waals surface area contributed by atoms with Crippen LogP contribution in [-0.2, 0) is 11.2 Å². The van der Waals surface area contributed by atoms with Crippen LogP contribution >= 0.6 is 0 Å². The third kappa shape index (κ3) is 3.10. The van der Waals surface area contributed by atoms with E-state index in [9.17, 15) is 4.79 Å². The van der Waals surface area contributed by atoms with E-state index in [-0.39, 0.29) is 11.9 Å². The quantitative estimate of drug-likeness (QED) is 0.906. The van der Waals surface area contributed by atoms with Crippen LogP contribution < -0.4 is 10.1 Å². The molecule has 0 spiro atoms. The van der Waals surface area contributed by atoms with Gasteiger partial charge in [-0.25, -0.2) is 0 Å². The summed E-state index contributed by atoms with van der Waals surface area (Å²) in [5.41, 5.74) is 1.15. The fourth-order valence-corrected chi connectivity index (χ4v) is 2.45. The first-order valence-corrected chi connectivity index (χ1v) is 6.99. The lowest BCUT2D eigenvalue weighted by Crippen LogP contribution is -2.33. The Kier molecular flexibility index (Phi) is 4.61. The van der Waals surface area contributed by atoms with E-state index in [0.717, 1.165) is 17.7 Å². The number of hydrogen-bond donors (Lipinski definition) is 1. The van der Waals surface area contributed by atoms with Crippen molar-refractivity contribution in [3.8, 4) is 5.75 Å². The van der Waals surface area contributed by atoms with Gasteiger partial charge in [0.15, 0.2) is 0 Å². The summed E-state index contributed by atoms with van der Waals surface area (Å²) in [5, 5.41) is 5.38. The fraction of sp³-hybridized carbons (Fsp3) is 0.353. The Bertz CT molecular complexity index is 607. The van der Waals surface area contributed by atoms with Crippen LogP contribution in [0.15, 0.2) is 36.4 Å². The molecule has 0 heterocycles. The van der Waals surface area contributed by atoms with E-state index in [2.05, 4.69) is 23.5 Å². The molecule has 1 unspecified atom stereocenters. The minimum Gasteiger partial charge on any atom is -0.496 e. The smallest absolute Gasteiger partial charge is 0.219 e. The molecule has 0 aliphatic heterocycles. The molecule has 0 saturated carbocycles. The van der Waals surface area contributed by atoms with E-state index in [1.807, 2.05) is 32.0 Å². The molecule has 1 N–H and O–H groups in total. The van der Waals surface area contributed by atoms with Gasteiger partial charge in [-0.05, 0) is 30.2 Å². The fourth-order valence-electron chi connectivity index (χ4n) is 2.45. The molecule has 0 aromatic heterocycles. The number of amides is 1. The molecule has 20 heavy (non-hydrogen) atoms. The average molecular weight is 271 g/mol. The molecule has 3 nitrogen and oxygen atoms in total. The molecule has 0 aliphatic carbocycles. The molecule has 2 rings (SSSR count). The van der Waals surface area contributed by atoms with Gasteiger partial charge in [0, 0.05) is 18.0 Å². The number of carbonyl (C=O) groups excluding carboxylic acids is 1. The van der Waals surface area contributed by atoms with Gasteiger partial charge in [0.25, 0.3) is 0 Å². The normalized spacial score (nSPS) is 12.2. The SMILES string of the molecule is CCC(=O)NC(C)Cc1c(OC)ccc2ccccc12. The molecule has 1 amide bonds. The van der Waals surface area contributed by atoms with Crippen molar-refractivity contribution in [1.29, 1.82) is 0 Å². The van der Waals surface area contributed by atoms with Gasteiger partial charge in [-0.15, -0.1) is 0 Å². The molecular weight excluding hydrogens is 250 g/mol. The minimum absolute atomic E-state index is 0.0803. The first-order valence-electron chi connectivity index (χ1n) is 6.99. The highest BCUT2D eigenvalue weighted by molar-refractivity contribution is 5.88. The summed E-state index contributed by atoms with van der Waals surface area (Å²) in [6.45, 7) is 3.88. The maximum absolute atomic E-state index is 11.5. The van der Waals surface area contributed by atoms with Gasteiger partial charge in [-0.3, -0.25) is 4.79 Å². The van der Waals surface area contributed by atoms with E-state index in [0.29, 0.717) is 6.42 Å². The van der Waals surface area contributed by atoms with E-state index < -0.39 is 0 Å². The second-order valence-electron chi connectivity index (χ2n) is 4.99. The van der Waals surface area contributed by atoms with Gasteiger partial charge < -0.3 is 10.1 Å². The van der Waals surface area contributed by atoms with E-state index in [1.165, 1.54) is 10.8 Å². The third-order valence-corrected chi connectivity index (χ3v) is 3.46. The van der Waals surface area contributed by atoms with Crippen LogP contribution in [0.1, 0.15) is 25.8 Å². The monoisotopic (exact) mass is 271 g/mol. The maximum atomic E-state index is 11.5. The molecule has 3 heteroatoms. The highest BCUT2D eigenvalue weighted by Gasteiger charge is 2.13. The average Bonchev–Trinajstić information content (AvgIpc) is 2.47. The van der Waals surface area contributed by atoms with Crippen LogP contribution in [0, 0.1) is 0 Å². The predicted octanol–water partition coefficient (Wildman–Crippen LogP) is 3.31. The second-order valence-corrected chi connectivity index (χ2v) is 4.99. The van der Waals surface area contributed by atoms with Crippen molar-refractivity contribution in [3.63, 3.8) is 0 Å². The van der Waals surface area contributed by atoms with Gasteiger partial charge in [0.05, 0.1) is 7.11 Å². The lowest BCUT2D eigenvalue weighted by molar-refractivity contribution is -0.121. The summed E-state index contributed by atoms with van der Waals surface area (Å²) in [4.78, 5) is 11.5. The summed E-state index contributed by atoms with van der Waals surface area (Å²) in [5.74, 6) is 0.956. The van der Waals surface area contributed by atoms with E-state index >= 15 is 0 Å². The number of methoxy groups -OCH3 is 1. The van der Waals surface area contributed by atoms with Gasteiger partial charge in [0.2, 0.25) is 5.91 Å². The number of fused-ring (bicyclic) bond motifs is 1. The largest absolute Gasteiger partial charge is 0.496 e. The van der Waals surface area contributed by atoms with Crippen LogP contribution in [0.2, 0.25) is 0 Å². The Morgan fingerprint density at radius 3 is 2.70 bits per heavy atom. The van der Waals surface area contributed by atoms with Crippen molar-refractivity contribution in [1.82, 2.24) is 5.32 Å². The Morgan fingerprint density at radius 1 is 1.25 bits per heavy atom. The number of nitrogens with one attached hydrogen (secondary N) is 1. The molecule has 2 aromatic rings. The number of carbonyl (C=O) groups is 1. The summed E-state index contributed by atoms with van der Waals surface area (Å²) >= 11 is 0. The lowest BCUT2D eigenvalue weighted by atomic mass is 9.98. The topological polar surface area (TPSA) is 38.3 Å². The second kappa shape index (κ2) is 6.42. The van der Waals surface area contributed by atoms with E-state index in [1.54, 1.807) is 7.11 Å². The molecule has 0 fully saturated rings. The van der Waals surface area contributed by atoms with Crippen LogP contribution in [0.3, 0.4) is 0 Å². The molecule has 106 valence electrons. The Balaban J connectivity index is 2.33. The van der Waals surface area contributed by atoms with Crippen molar-refractivity contribution in [3.05, 3.63) is 42.0 Å². The maximum Gasteiger partial charge on any atom is 0.219 e. The number of hydrogen-bond acceptors (Lipinski definition) is 2. The van der Waals surface area contributed by atoms with Crippen molar-refractivity contribution >= 4 is 16.7 Å². The van der Waals surface area contributed by atoms with Crippen molar-refractivity contribution < 1.29 is 9.53 Å². The van der Waals surface area contributed by atoms with Crippen molar-refractivity contribution in [2.75, 3.05) is 7.11 Å². The summed E-state index contributed by atoms with van der Waals surface area (Å²) in [7, 11) is 1.68. The Hall–Kier alpha value is -2.03. The highest BCUT2D eigenvalue weighted by Crippen LogP contribution is 2.29. The van der Waals surface area contributed by atoms with Crippen molar-refractivity contribution in [2.45, 2.75) is 32.7 Å². The first kappa shape index (κ1) is 14.4. The third-order valence-electron chi connectivity index (χ3n) is 3.46. The van der Waals surface area contributed by atoms with Crippen LogP contribution in [0.25, 0.3) is 10.8 Å². The molecule has 2 aromatic carbocycles. The molecule has 0 radical (unpaired) electrons. The highest BCUT2D eigenvalue weighted by atomic mass is 16.5. The molecule has 0 saturated heterocycles. The van der Waals surface area contributed by atoms with Crippen molar-refractivity contribution in [2.24, 2.45) is 0 Å². The molecule has 0 aliphatic rings. The summed E-state index contributed by atoms with van der Waals surface area (Å²) in [6.07, 6.45) is 1.27. The Morgan fingerprint density at radius 2 is 2.00 bits per heavy atom. The molecule has 0 bridgehead atoms. The number of benzene rings is 2. The predicted molar refractivity (Wildman–Crippen MR) is 82.1 cm³/mol. The summed E-state index contributed by atoms with van der Waals surface area (Å²) in [6, 6.07) is 12.4. The van der Waals surface area contributed by atoms with Gasteiger partial charge in [-0.2, -0.15) is 0 Å². The van der Waals surface area contributed by atoms with Gasteiger partial charge in [-0.1, -0.05) is 37.3 Å². The van der Waals surface area contributed by atoms with Gasteiger partial charge >= 0.3 is 0 Å². The summed E-state index contributed by atoms with van der Waals surface area (Å²) < 4.78 is 5.47. The minimum atomic E-state index is 0.0803. The molecular formula is C17H21NO2. The van der Waals surface area contributed by atoms with Gasteiger partial charge in [0.1, 0.15) is 5.75 Å². The zero-order chi connectivity index (χ0) is 14.5. The Labute approximate surface area is 119 Å². The zero-order valence-corrected chi connectivity index (χ0v) is 12.3. The lowest BCUT2D eigenvalue weighted by Gasteiger charge is -2.17. The zero-order valence-electron chi connectivity index (χ0n) is 12.3. The standard InChI is InChI=1S/C17H21NO2/c1-4-17(19)18-12(2)11-15-14-8-6-5-7-13(14)9-10-16(15)20-3/h5-10,12H,4,11H2,1-3H3,(H,18,19). The van der Waals surface area contributed by atoms with Crippen LogP contribution in [0.5, 0.6) is 5.75 Å². The molecule has 1 atom stereocenters. The van der Waals surface area contributed by atoms with Crippen LogP contribution in [-0.4, -0.2) is 19.1 Å². The van der Waals surface area contributed by atoms with E-state index in [4.69, 9.17) is 4.74 Å². The number of rotatable bonds is 5. The number of ether oxygens (including phenoxy) is 1. The first-order chi connectivity index (χ1) is 9.65. The van der Waals surface area contributed by atoms with Crippen LogP contribution in [0.4, 0.5) is 0 Å².